The molecule has 8 aliphatic rings. The maximum absolute atomic E-state index is 15.8. The predicted octanol–water partition coefficient (Wildman–Crippen LogP) is 7.61. The van der Waals surface area contributed by atoms with Crippen molar-refractivity contribution in [2.75, 3.05) is 14.2 Å². The van der Waals surface area contributed by atoms with Gasteiger partial charge in [0.25, 0.3) is 0 Å². The van der Waals surface area contributed by atoms with Crippen LogP contribution in [0.3, 0.4) is 0 Å². The van der Waals surface area contributed by atoms with Gasteiger partial charge in [-0.2, -0.15) is 17.6 Å². The van der Waals surface area contributed by atoms with Gasteiger partial charge in [0.15, 0.2) is 0 Å². The molecule has 8 fully saturated rings. The highest BCUT2D eigenvalue weighted by atomic mass is 19.3. The summed E-state index contributed by atoms with van der Waals surface area (Å²) in [4.78, 5) is 26.7. The molecule has 8 saturated carbocycles. The molecule has 0 amide bonds. The molecule has 45 heavy (non-hydrogen) atoms. The SMILES string of the molecule is CCCCC1(OC(=O)C(F)(F)C(F)(F)C(=O)OC2(CCCC)C3CC4CC2C(C)C(C3)C4OC)C2CC3CC1CC(C2)C3OC. The van der Waals surface area contributed by atoms with Crippen molar-refractivity contribution in [3.05, 3.63) is 0 Å². The summed E-state index contributed by atoms with van der Waals surface area (Å²) in [6.45, 7) is 5.95. The van der Waals surface area contributed by atoms with Gasteiger partial charge in [-0.15, -0.1) is 0 Å². The van der Waals surface area contributed by atoms with E-state index in [1.54, 1.807) is 14.2 Å². The second kappa shape index (κ2) is 11.9. The summed E-state index contributed by atoms with van der Waals surface area (Å²) >= 11 is 0. The quantitative estimate of drug-likeness (QED) is 0.152. The van der Waals surface area contributed by atoms with E-state index in [-0.39, 0.29) is 65.5 Å². The van der Waals surface area contributed by atoms with Crippen molar-refractivity contribution in [1.29, 1.82) is 0 Å². The normalized spacial score (nSPS) is 44.8. The average Bonchev–Trinajstić information content (AvgIpc) is 3.00. The lowest BCUT2D eigenvalue weighted by atomic mass is 9.44. The number of rotatable bonds is 13. The molecule has 0 aromatic heterocycles. The first-order chi connectivity index (χ1) is 21.3. The zero-order chi connectivity index (χ0) is 32.5. The number of hydrogen-bond acceptors (Lipinski definition) is 6. The van der Waals surface area contributed by atoms with E-state index in [4.69, 9.17) is 18.9 Å². The Morgan fingerprint density at radius 2 is 1.09 bits per heavy atom. The number of hydrogen-bond donors (Lipinski definition) is 0. The van der Waals surface area contributed by atoms with Crippen molar-refractivity contribution in [3.8, 4) is 0 Å². The van der Waals surface area contributed by atoms with Crippen LogP contribution in [0.15, 0.2) is 0 Å². The van der Waals surface area contributed by atoms with Gasteiger partial charge in [-0.05, 0) is 118 Å². The summed E-state index contributed by atoms with van der Waals surface area (Å²) in [5.74, 6) is -15.2. The second-order valence-corrected chi connectivity index (χ2v) is 15.6. The molecular weight excluding hydrogens is 592 g/mol. The van der Waals surface area contributed by atoms with Crippen molar-refractivity contribution in [1.82, 2.24) is 0 Å². The van der Waals surface area contributed by atoms with Crippen LogP contribution < -0.4 is 0 Å². The number of methoxy groups -OCH3 is 2. The van der Waals surface area contributed by atoms with Crippen LogP contribution in [0.25, 0.3) is 0 Å². The third-order valence-electron chi connectivity index (χ3n) is 13.7. The zero-order valence-electron chi connectivity index (χ0n) is 27.5. The fourth-order valence-electron chi connectivity index (χ4n) is 11.9. The Morgan fingerprint density at radius 1 is 0.667 bits per heavy atom. The number of esters is 2. The maximum Gasteiger partial charge on any atom is 0.415 e. The van der Waals surface area contributed by atoms with E-state index >= 15 is 17.6 Å². The van der Waals surface area contributed by atoms with Gasteiger partial charge in [0, 0.05) is 20.1 Å². The molecule has 8 rings (SSSR count). The lowest BCUT2D eigenvalue weighted by Crippen LogP contribution is -2.68. The van der Waals surface area contributed by atoms with Gasteiger partial charge in [0.2, 0.25) is 0 Å². The Kier molecular flexibility index (Phi) is 8.87. The Hall–Kier alpha value is -1.42. The third kappa shape index (κ3) is 4.90. The highest BCUT2D eigenvalue weighted by Gasteiger charge is 2.74. The van der Waals surface area contributed by atoms with E-state index in [0.29, 0.717) is 70.6 Å². The molecule has 0 aliphatic heterocycles. The Morgan fingerprint density at radius 3 is 1.56 bits per heavy atom. The summed E-state index contributed by atoms with van der Waals surface area (Å²) in [6, 6.07) is 0. The summed E-state index contributed by atoms with van der Waals surface area (Å²) in [5.41, 5.74) is -2.50. The molecule has 8 bridgehead atoms. The van der Waals surface area contributed by atoms with Crippen LogP contribution in [0.2, 0.25) is 0 Å². The first-order valence-corrected chi connectivity index (χ1v) is 17.6. The van der Waals surface area contributed by atoms with Crippen LogP contribution in [0, 0.1) is 53.3 Å². The number of halogens is 4. The van der Waals surface area contributed by atoms with Crippen LogP contribution in [-0.2, 0) is 28.5 Å². The summed E-state index contributed by atoms with van der Waals surface area (Å²) < 4.78 is 86.1. The molecule has 6 nitrogen and oxygen atoms in total. The van der Waals surface area contributed by atoms with Crippen molar-refractivity contribution in [2.24, 2.45) is 53.3 Å². The number of ether oxygens (including phenoxy) is 4. The van der Waals surface area contributed by atoms with Crippen LogP contribution in [0.4, 0.5) is 17.6 Å². The van der Waals surface area contributed by atoms with E-state index in [2.05, 4.69) is 0 Å². The highest BCUT2D eigenvalue weighted by Crippen LogP contribution is 2.65. The number of carbonyl (C=O) groups excluding carboxylic acids is 2. The number of alkyl halides is 4. The largest absolute Gasteiger partial charge is 0.454 e. The fraction of sp³-hybridized carbons (Fsp3) is 0.943. The van der Waals surface area contributed by atoms with Gasteiger partial charge in [0.1, 0.15) is 11.2 Å². The van der Waals surface area contributed by atoms with Gasteiger partial charge >= 0.3 is 23.8 Å². The standard InChI is InChI=1S/C35H52F4O6/c1-6-8-10-32(23-12-20-13-24(32)15-21(14-23)28(20)42-4)44-30(40)34(36,37)35(38,39)31(41)45-33(11-9-7-2)25-16-22-17-27(33)19(3)26(18-25)29(22)43-5/h19-29H,6-18H2,1-5H3. The molecule has 0 spiro atoms. The molecule has 0 saturated heterocycles. The van der Waals surface area contributed by atoms with Crippen molar-refractivity contribution < 1.29 is 46.1 Å². The molecule has 7 atom stereocenters. The van der Waals surface area contributed by atoms with Crippen LogP contribution in [-0.4, -0.2) is 61.4 Å². The van der Waals surface area contributed by atoms with E-state index < -0.39 is 35.0 Å². The Balaban J connectivity index is 1.23. The van der Waals surface area contributed by atoms with E-state index in [1.165, 1.54) is 0 Å². The maximum atomic E-state index is 15.8. The molecule has 0 radical (unpaired) electrons. The topological polar surface area (TPSA) is 71.1 Å². The van der Waals surface area contributed by atoms with Crippen molar-refractivity contribution in [2.45, 2.75) is 139 Å². The smallest absolute Gasteiger partial charge is 0.415 e. The first-order valence-electron chi connectivity index (χ1n) is 17.6. The van der Waals surface area contributed by atoms with Gasteiger partial charge in [0.05, 0.1) is 12.2 Å². The number of unbranched alkanes of at least 4 members (excludes halogenated alkanes) is 2. The second-order valence-electron chi connectivity index (χ2n) is 15.6. The van der Waals surface area contributed by atoms with E-state index in [0.717, 1.165) is 12.8 Å². The fourth-order valence-corrected chi connectivity index (χ4v) is 11.9. The predicted molar refractivity (Wildman–Crippen MR) is 158 cm³/mol. The van der Waals surface area contributed by atoms with Crippen LogP contribution in [0.1, 0.15) is 104 Å². The minimum atomic E-state index is -5.37. The molecule has 0 heterocycles. The third-order valence-corrected chi connectivity index (χ3v) is 13.7. The minimum Gasteiger partial charge on any atom is -0.454 e. The molecule has 0 aromatic carbocycles. The lowest BCUT2D eigenvalue weighted by Gasteiger charge is -2.65. The first kappa shape index (κ1) is 33.5. The van der Waals surface area contributed by atoms with Crippen LogP contribution in [0.5, 0.6) is 0 Å². The summed E-state index contributed by atoms with van der Waals surface area (Å²) in [5, 5.41) is 0. The molecule has 256 valence electrons. The van der Waals surface area contributed by atoms with Gasteiger partial charge in [-0.3, -0.25) is 0 Å². The minimum absolute atomic E-state index is 0.0274. The molecule has 8 aliphatic carbocycles. The monoisotopic (exact) mass is 644 g/mol. The highest BCUT2D eigenvalue weighted by molar-refractivity contribution is 5.90. The average molecular weight is 645 g/mol. The Bertz CT molecular complexity index is 1100. The van der Waals surface area contributed by atoms with Gasteiger partial charge < -0.3 is 18.9 Å². The molecule has 0 aromatic rings. The molecule has 7 unspecified atom stereocenters. The lowest BCUT2D eigenvalue weighted by molar-refractivity contribution is -0.286. The van der Waals surface area contributed by atoms with Gasteiger partial charge in [-0.25, -0.2) is 9.59 Å². The molecule has 10 heteroatoms. The van der Waals surface area contributed by atoms with E-state index in [9.17, 15) is 9.59 Å². The Labute approximate surface area is 265 Å². The van der Waals surface area contributed by atoms with Gasteiger partial charge in [-0.1, -0.05) is 33.6 Å². The van der Waals surface area contributed by atoms with Crippen molar-refractivity contribution in [3.63, 3.8) is 0 Å². The van der Waals surface area contributed by atoms with Crippen LogP contribution >= 0.6 is 0 Å². The van der Waals surface area contributed by atoms with Crippen molar-refractivity contribution >= 4 is 11.9 Å². The molecule has 0 N–H and O–H groups in total. The van der Waals surface area contributed by atoms with E-state index in [1.807, 2.05) is 20.8 Å². The zero-order valence-corrected chi connectivity index (χ0v) is 27.5. The summed E-state index contributed by atoms with van der Waals surface area (Å²) in [6.07, 6.45) is 8.12. The molecular formula is C35H52F4O6. The summed E-state index contributed by atoms with van der Waals surface area (Å²) in [7, 11) is 3.38. The number of carbonyl (C=O) groups is 2.